The van der Waals surface area contributed by atoms with Crippen molar-refractivity contribution in [3.05, 3.63) is 81.3 Å². The monoisotopic (exact) mass is 422 g/mol. The molecule has 0 saturated heterocycles. The minimum atomic E-state index is 0.254. The van der Waals surface area contributed by atoms with E-state index in [-0.39, 0.29) is 4.83 Å². The maximum Gasteiger partial charge on any atom is 0.0551 e. The largest absolute Gasteiger partial charge is 0.0835 e. The van der Waals surface area contributed by atoms with Crippen molar-refractivity contribution < 1.29 is 0 Å². The maximum absolute atomic E-state index is 6.17. The molecular formula is C18H13Br2Cl. The first kappa shape index (κ1) is 15.1. The van der Waals surface area contributed by atoms with Crippen LogP contribution >= 0.6 is 43.5 Å². The zero-order valence-corrected chi connectivity index (χ0v) is 15.1. The first-order chi connectivity index (χ1) is 10.1. The van der Waals surface area contributed by atoms with Gasteiger partial charge in [-0.2, -0.15) is 0 Å². The third kappa shape index (κ3) is 3.50. The minimum Gasteiger partial charge on any atom is -0.0835 e. The van der Waals surface area contributed by atoms with E-state index in [4.69, 9.17) is 11.6 Å². The Labute approximate surface area is 146 Å². The molecule has 0 aliphatic heterocycles. The van der Waals surface area contributed by atoms with Crippen molar-refractivity contribution >= 4 is 54.2 Å². The van der Waals surface area contributed by atoms with E-state index in [2.05, 4.69) is 80.4 Å². The number of rotatable bonds is 3. The molecule has 106 valence electrons. The highest BCUT2D eigenvalue weighted by atomic mass is 79.9. The van der Waals surface area contributed by atoms with Crippen LogP contribution in [0.1, 0.15) is 16.0 Å². The van der Waals surface area contributed by atoms with Crippen LogP contribution in [-0.4, -0.2) is 0 Å². The number of halogens is 3. The highest BCUT2D eigenvalue weighted by molar-refractivity contribution is 9.10. The molecule has 3 heteroatoms. The van der Waals surface area contributed by atoms with Crippen LogP contribution in [0, 0.1) is 0 Å². The molecule has 3 aromatic rings. The van der Waals surface area contributed by atoms with Crippen LogP contribution in [0.4, 0.5) is 0 Å². The summed E-state index contributed by atoms with van der Waals surface area (Å²) in [5.41, 5.74) is 2.51. The first-order valence-electron chi connectivity index (χ1n) is 6.70. The molecule has 1 atom stereocenters. The summed E-state index contributed by atoms with van der Waals surface area (Å²) < 4.78 is 0.929. The quantitative estimate of drug-likeness (QED) is 0.400. The molecule has 0 aliphatic carbocycles. The fourth-order valence-electron chi connectivity index (χ4n) is 2.40. The number of fused-ring (bicyclic) bond motifs is 1. The van der Waals surface area contributed by atoms with E-state index in [1.54, 1.807) is 0 Å². The van der Waals surface area contributed by atoms with Gasteiger partial charge < -0.3 is 0 Å². The Balaban J connectivity index is 1.85. The van der Waals surface area contributed by atoms with Gasteiger partial charge in [0.15, 0.2) is 0 Å². The molecule has 3 rings (SSSR count). The van der Waals surface area contributed by atoms with E-state index >= 15 is 0 Å². The summed E-state index contributed by atoms with van der Waals surface area (Å²) in [4.78, 5) is 0.254. The van der Waals surface area contributed by atoms with Gasteiger partial charge in [-0.05, 0) is 56.4 Å². The van der Waals surface area contributed by atoms with Crippen LogP contribution in [0.15, 0.2) is 65.1 Å². The Morgan fingerprint density at radius 2 is 1.67 bits per heavy atom. The molecule has 0 radical (unpaired) electrons. The van der Waals surface area contributed by atoms with Gasteiger partial charge in [0.25, 0.3) is 0 Å². The number of hydrogen-bond acceptors (Lipinski definition) is 0. The van der Waals surface area contributed by atoms with E-state index in [1.807, 2.05) is 12.1 Å². The Morgan fingerprint density at radius 3 is 2.43 bits per heavy atom. The minimum absolute atomic E-state index is 0.254. The Bertz CT molecular complexity index is 783. The lowest BCUT2D eigenvalue weighted by molar-refractivity contribution is 0.950. The molecular weight excluding hydrogens is 411 g/mol. The van der Waals surface area contributed by atoms with Crippen molar-refractivity contribution in [2.75, 3.05) is 0 Å². The zero-order chi connectivity index (χ0) is 14.8. The summed E-state index contributed by atoms with van der Waals surface area (Å²) in [7, 11) is 0. The molecule has 0 bridgehead atoms. The molecule has 0 amide bonds. The average Bonchev–Trinajstić information content (AvgIpc) is 2.50. The number of hydrogen-bond donors (Lipinski definition) is 0. The summed E-state index contributed by atoms with van der Waals surface area (Å²) >= 11 is 13.4. The Hall–Kier alpha value is -0.830. The standard InChI is InChI=1S/C18H13Br2Cl/c19-16-8-7-15(11-18(16)21)17(20)10-12-5-6-13-3-1-2-4-14(13)9-12/h1-9,11,17H,10H2. The van der Waals surface area contributed by atoms with Gasteiger partial charge in [-0.25, -0.2) is 0 Å². The summed E-state index contributed by atoms with van der Waals surface area (Å²) in [6.07, 6.45) is 0.933. The van der Waals surface area contributed by atoms with Crippen molar-refractivity contribution in [1.82, 2.24) is 0 Å². The first-order valence-corrected chi connectivity index (χ1v) is 8.79. The second kappa shape index (κ2) is 6.51. The predicted octanol–water partition coefficient (Wildman–Crippen LogP) is 6.93. The molecule has 0 saturated carbocycles. The zero-order valence-electron chi connectivity index (χ0n) is 11.2. The van der Waals surface area contributed by atoms with E-state index in [0.717, 1.165) is 15.9 Å². The van der Waals surface area contributed by atoms with Gasteiger partial charge in [0.1, 0.15) is 0 Å². The molecule has 0 spiro atoms. The van der Waals surface area contributed by atoms with Crippen molar-refractivity contribution in [3.8, 4) is 0 Å². The Kier molecular flexibility index (Phi) is 4.68. The SMILES string of the molecule is Clc1cc(C(Br)Cc2ccc3ccccc3c2)ccc1Br. The number of alkyl halides is 1. The molecule has 0 aromatic heterocycles. The maximum atomic E-state index is 6.17. The van der Waals surface area contributed by atoms with Crippen molar-refractivity contribution in [2.24, 2.45) is 0 Å². The Morgan fingerprint density at radius 1 is 0.905 bits per heavy atom. The van der Waals surface area contributed by atoms with E-state index < -0.39 is 0 Å². The van der Waals surface area contributed by atoms with Gasteiger partial charge >= 0.3 is 0 Å². The van der Waals surface area contributed by atoms with Crippen molar-refractivity contribution in [1.29, 1.82) is 0 Å². The summed E-state index contributed by atoms with van der Waals surface area (Å²) in [6.45, 7) is 0. The lowest BCUT2D eigenvalue weighted by Crippen LogP contribution is -1.95. The van der Waals surface area contributed by atoms with Crippen LogP contribution in [-0.2, 0) is 6.42 Å². The summed E-state index contributed by atoms with van der Waals surface area (Å²) in [5.74, 6) is 0. The number of benzene rings is 3. The van der Waals surface area contributed by atoms with Crippen LogP contribution in [0.2, 0.25) is 5.02 Å². The fraction of sp³-hybridized carbons (Fsp3) is 0.111. The highest BCUT2D eigenvalue weighted by Crippen LogP contribution is 2.32. The molecule has 0 heterocycles. The topological polar surface area (TPSA) is 0 Å². The van der Waals surface area contributed by atoms with E-state index in [0.29, 0.717) is 0 Å². The molecule has 0 fully saturated rings. The summed E-state index contributed by atoms with van der Waals surface area (Å²) in [6, 6.07) is 21.2. The van der Waals surface area contributed by atoms with Crippen molar-refractivity contribution in [2.45, 2.75) is 11.2 Å². The second-order valence-electron chi connectivity index (χ2n) is 5.03. The molecule has 21 heavy (non-hydrogen) atoms. The van der Waals surface area contributed by atoms with Crippen molar-refractivity contribution in [3.63, 3.8) is 0 Å². The molecule has 0 aliphatic rings. The fourth-order valence-corrected chi connectivity index (χ4v) is 3.49. The third-order valence-electron chi connectivity index (χ3n) is 3.53. The molecule has 3 aromatic carbocycles. The molecule has 1 unspecified atom stereocenters. The predicted molar refractivity (Wildman–Crippen MR) is 98.5 cm³/mol. The molecule has 0 N–H and O–H groups in total. The van der Waals surface area contributed by atoms with Gasteiger partial charge in [-0.3, -0.25) is 0 Å². The third-order valence-corrected chi connectivity index (χ3v) is 5.62. The van der Waals surface area contributed by atoms with Gasteiger partial charge in [-0.15, -0.1) is 0 Å². The smallest absolute Gasteiger partial charge is 0.0551 e. The van der Waals surface area contributed by atoms with E-state index in [1.165, 1.54) is 21.9 Å². The van der Waals surface area contributed by atoms with Gasteiger partial charge in [0.2, 0.25) is 0 Å². The van der Waals surface area contributed by atoms with Gasteiger partial charge in [0.05, 0.1) is 5.02 Å². The lowest BCUT2D eigenvalue weighted by atomic mass is 10.0. The van der Waals surface area contributed by atoms with Crippen LogP contribution in [0.3, 0.4) is 0 Å². The van der Waals surface area contributed by atoms with E-state index in [9.17, 15) is 0 Å². The normalized spacial score (nSPS) is 12.5. The second-order valence-corrected chi connectivity index (χ2v) is 7.39. The lowest BCUT2D eigenvalue weighted by Gasteiger charge is -2.12. The van der Waals surface area contributed by atoms with Gasteiger partial charge in [0, 0.05) is 9.30 Å². The molecule has 0 nitrogen and oxygen atoms in total. The van der Waals surface area contributed by atoms with Crippen LogP contribution in [0.25, 0.3) is 10.8 Å². The summed E-state index contributed by atoms with van der Waals surface area (Å²) in [5, 5.41) is 3.30. The van der Waals surface area contributed by atoms with Gasteiger partial charge in [-0.1, -0.05) is 76.1 Å². The highest BCUT2D eigenvalue weighted by Gasteiger charge is 2.10. The van der Waals surface area contributed by atoms with Crippen LogP contribution in [0.5, 0.6) is 0 Å². The average molecular weight is 425 g/mol. The van der Waals surface area contributed by atoms with Crippen LogP contribution < -0.4 is 0 Å².